The first-order chi connectivity index (χ1) is 14.2. The van der Waals surface area contributed by atoms with Gasteiger partial charge in [-0.1, -0.05) is 19.9 Å². The Morgan fingerprint density at radius 1 is 1.40 bits per heavy atom. The molecule has 5 nitrogen and oxygen atoms in total. The number of amides is 1. The summed E-state index contributed by atoms with van der Waals surface area (Å²) in [6.07, 6.45) is 4.92. The molecule has 158 valence electrons. The summed E-state index contributed by atoms with van der Waals surface area (Å²) in [5.41, 5.74) is 0.995. The Morgan fingerprint density at radius 3 is 2.87 bits per heavy atom. The summed E-state index contributed by atoms with van der Waals surface area (Å²) >= 11 is 0. The van der Waals surface area contributed by atoms with E-state index in [1.807, 2.05) is 6.92 Å². The van der Waals surface area contributed by atoms with Gasteiger partial charge in [-0.15, -0.1) is 0 Å². The van der Waals surface area contributed by atoms with E-state index in [0.29, 0.717) is 5.69 Å². The fourth-order valence-electron chi connectivity index (χ4n) is 7.63. The van der Waals surface area contributed by atoms with Crippen LogP contribution in [0.5, 0.6) is 0 Å². The maximum Gasteiger partial charge on any atom is 0.223 e. The Kier molecular flexibility index (Phi) is 3.95. The van der Waals surface area contributed by atoms with E-state index in [9.17, 15) is 14.4 Å². The fraction of sp³-hybridized carbons (Fsp3) is 0.625. The zero-order valence-corrected chi connectivity index (χ0v) is 17.9. The summed E-state index contributed by atoms with van der Waals surface area (Å²) in [7, 11) is 1.71. The molecular weight excluding hydrogens is 379 g/mol. The first-order valence-electron chi connectivity index (χ1n) is 11.0. The number of anilines is 1. The van der Waals surface area contributed by atoms with Crippen molar-refractivity contribution in [3.8, 4) is 6.07 Å². The van der Waals surface area contributed by atoms with Crippen molar-refractivity contribution in [2.75, 3.05) is 12.4 Å². The highest BCUT2D eigenvalue weighted by Crippen LogP contribution is 2.80. The Bertz CT molecular complexity index is 1000. The number of hydrogen-bond acceptors (Lipinski definition) is 4. The smallest absolute Gasteiger partial charge is 0.223 e. The second-order valence-electron chi connectivity index (χ2n) is 10.5. The number of rotatable bonds is 5. The predicted molar refractivity (Wildman–Crippen MR) is 113 cm³/mol. The Hall–Kier alpha value is -2.42. The lowest BCUT2D eigenvalue weighted by Gasteiger charge is -2.70. The molecule has 1 heterocycles. The Balaban J connectivity index is 1.37. The molecule has 1 aromatic carbocycles. The van der Waals surface area contributed by atoms with Crippen LogP contribution in [0.4, 0.5) is 10.1 Å². The normalized spacial score (nSPS) is 38.6. The lowest BCUT2D eigenvalue weighted by atomic mass is 9.43. The molecule has 6 atom stereocenters. The zero-order chi connectivity index (χ0) is 21.5. The van der Waals surface area contributed by atoms with E-state index in [1.54, 1.807) is 19.2 Å². The van der Waals surface area contributed by atoms with Gasteiger partial charge in [0.05, 0.1) is 17.0 Å². The summed E-state index contributed by atoms with van der Waals surface area (Å²) in [6.45, 7) is 4.12. The van der Waals surface area contributed by atoms with E-state index in [-0.39, 0.29) is 57.8 Å². The number of piperidine rings is 2. The van der Waals surface area contributed by atoms with Gasteiger partial charge >= 0.3 is 0 Å². The fourth-order valence-corrected chi connectivity index (χ4v) is 7.63. The molecule has 4 fully saturated rings. The maximum absolute atomic E-state index is 14.5. The van der Waals surface area contributed by atoms with Crippen molar-refractivity contribution in [1.82, 2.24) is 4.90 Å². The van der Waals surface area contributed by atoms with Crippen molar-refractivity contribution < 1.29 is 9.18 Å². The number of benzene rings is 1. The number of nitrogens with zero attached hydrogens (tertiary/aromatic N) is 2. The van der Waals surface area contributed by atoms with E-state index in [4.69, 9.17) is 5.41 Å². The van der Waals surface area contributed by atoms with Crippen molar-refractivity contribution in [2.45, 2.75) is 64.5 Å². The molecule has 4 aliphatic rings. The molecule has 5 rings (SSSR count). The van der Waals surface area contributed by atoms with Crippen LogP contribution in [0, 0.1) is 44.7 Å². The monoisotopic (exact) mass is 408 g/mol. The SMILES string of the molecule is CNc1cccc(F)c1C(=N)C(C)CC(=O)N1C2CC3(C#N)CC4(C2)CC1C4(C)C3. The molecule has 0 radical (unpaired) electrons. The third-order valence-electron chi connectivity index (χ3n) is 8.95. The van der Waals surface area contributed by atoms with Crippen LogP contribution in [0.2, 0.25) is 0 Å². The zero-order valence-electron chi connectivity index (χ0n) is 17.9. The lowest BCUT2D eigenvalue weighted by Crippen LogP contribution is -2.73. The quantitative estimate of drug-likeness (QED) is 0.712. The average Bonchev–Trinajstić information content (AvgIpc) is 2.80. The van der Waals surface area contributed by atoms with Gasteiger partial charge in [-0.3, -0.25) is 4.79 Å². The number of nitriles is 1. The number of carbonyl (C=O) groups excluding carboxylic acids is 1. The minimum atomic E-state index is -0.440. The van der Waals surface area contributed by atoms with Crippen LogP contribution < -0.4 is 5.32 Å². The van der Waals surface area contributed by atoms with Crippen LogP contribution >= 0.6 is 0 Å². The summed E-state index contributed by atoms with van der Waals surface area (Å²) in [5.74, 6) is -0.770. The minimum absolute atomic E-state index is 0.0486. The second kappa shape index (κ2) is 6.06. The molecule has 1 aromatic rings. The van der Waals surface area contributed by atoms with Gasteiger partial charge in [0.15, 0.2) is 0 Å². The third-order valence-corrected chi connectivity index (χ3v) is 8.95. The first-order valence-corrected chi connectivity index (χ1v) is 11.0. The van der Waals surface area contributed by atoms with E-state index < -0.39 is 5.82 Å². The summed E-state index contributed by atoms with van der Waals surface area (Å²) in [6, 6.07) is 7.70. The first kappa shape index (κ1) is 19.5. The van der Waals surface area contributed by atoms with Crippen molar-refractivity contribution in [3.63, 3.8) is 0 Å². The Morgan fingerprint density at radius 2 is 2.17 bits per heavy atom. The minimum Gasteiger partial charge on any atom is -0.387 e. The summed E-state index contributed by atoms with van der Waals surface area (Å²) in [5, 5.41) is 21.4. The molecule has 4 bridgehead atoms. The molecule has 1 saturated heterocycles. The topological polar surface area (TPSA) is 80.0 Å². The number of likely N-dealkylation sites (tertiary alicyclic amines) is 1. The molecule has 1 spiro atoms. The van der Waals surface area contributed by atoms with Crippen LogP contribution in [-0.2, 0) is 4.79 Å². The van der Waals surface area contributed by atoms with Crippen LogP contribution in [0.15, 0.2) is 18.2 Å². The van der Waals surface area contributed by atoms with Gasteiger partial charge in [0.1, 0.15) is 5.82 Å². The van der Waals surface area contributed by atoms with E-state index >= 15 is 0 Å². The molecule has 1 amide bonds. The van der Waals surface area contributed by atoms with Crippen LogP contribution in [-0.4, -0.2) is 35.7 Å². The van der Waals surface area contributed by atoms with E-state index in [0.717, 1.165) is 32.1 Å². The van der Waals surface area contributed by atoms with Crippen LogP contribution in [0.3, 0.4) is 0 Å². The largest absolute Gasteiger partial charge is 0.387 e. The highest BCUT2D eigenvalue weighted by molar-refractivity contribution is 6.05. The maximum atomic E-state index is 14.5. The molecule has 2 N–H and O–H groups in total. The predicted octanol–water partition coefficient (Wildman–Crippen LogP) is 4.33. The molecule has 6 unspecified atom stereocenters. The van der Waals surface area contributed by atoms with Crippen molar-refractivity contribution >= 4 is 17.3 Å². The summed E-state index contributed by atoms with van der Waals surface area (Å²) in [4.78, 5) is 15.5. The van der Waals surface area contributed by atoms with Crippen LogP contribution in [0.25, 0.3) is 0 Å². The van der Waals surface area contributed by atoms with Gasteiger partial charge in [0.25, 0.3) is 0 Å². The third kappa shape index (κ3) is 2.27. The standard InChI is InChI=1S/C24H29FN4O/c1-14(21(27)20-16(25)5-4-6-17(20)28-3)7-19(30)29-15-8-23(13-26)11-22(2)18(29)10-24(22,9-15)12-23/h4-6,14-15,18,27-28H,7-12H2,1-3H3. The number of halogens is 1. The average molecular weight is 409 g/mol. The van der Waals surface area contributed by atoms with Gasteiger partial charge in [-0.25, -0.2) is 4.39 Å². The van der Waals surface area contributed by atoms with Gasteiger partial charge in [0.2, 0.25) is 5.91 Å². The van der Waals surface area contributed by atoms with Gasteiger partial charge < -0.3 is 15.6 Å². The molecule has 6 heteroatoms. The highest BCUT2D eigenvalue weighted by Gasteiger charge is 2.79. The second-order valence-corrected chi connectivity index (χ2v) is 10.5. The molecule has 0 aromatic heterocycles. The number of carbonyl (C=O) groups is 1. The van der Waals surface area contributed by atoms with Crippen LogP contribution in [0.1, 0.15) is 57.9 Å². The number of nitrogens with one attached hydrogen (secondary N) is 2. The van der Waals surface area contributed by atoms with Gasteiger partial charge in [-0.2, -0.15) is 5.26 Å². The van der Waals surface area contributed by atoms with E-state index in [2.05, 4.69) is 23.2 Å². The Labute approximate surface area is 177 Å². The van der Waals surface area contributed by atoms with Crippen molar-refractivity contribution in [2.24, 2.45) is 22.2 Å². The van der Waals surface area contributed by atoms with Crippen molar-refractivity contribution in [3.05, 3.63) is 29.6 Å². The molecule has 3 saturated carbocycles. The van der Waals surface area contributed by atoms with Gasteiger partial charge in [0, 0.05) is 42.9 Å². The number of fused-ring (bicyclic) bond motifs is 4. The van der Waals surface area contributed by atoms with Gasteiger partial charge in [-0.05, 0) is 55.1 Å². The van der Waals surface area contributed by atoms with E-state index in [1.165, 1.54) is 6.07 Å². The molecule has 30 heavy (non-hydrogen) atoms. The molecule has 1 aliphatic heterocycles. The summed E-state index contributed by atoms with van der Waals surface area (Å²) < 4.78 is 14.5. The number of hydrogen-bond donors (Lipinski definition) is 2. The lowest BCUT2D eigenvalue weighted by molar-refractivity contribution is -0.210. The molecular formula is C24H29FN4O. The molecule has 3 aliphatic carbocycles. The highest BCUT2D eigenvalue weighted by atomic mass is 19.1. The van der Waals surface area contributed by atoms with Crippen molar-refractivity contribution in [1.29, 1.82) is 10.7 Å².